The van der Waals surface area contributed by atoms with Crippen molar-refractivity contribution >= 4 is 27.9 Å². The lowest BCUT2D eigenvalue weighted by Gasteiger charge is -2.18. The number of aryl methyl sites for hydroxylation is 1. The number of nitrogen functional groups attached to an aromatic ring is 1. The van der Waals surface area contributed by atoms with Gasteiger partial charge in [0.05, 0.1) is 29.5 Å². The van der Waals surface area contributed by atoms with Gasteiger partial charge in [-0.3, -0.25) is 9.36 Å². The first-order valence-electron chi connectivity index (χ1n) is 11.8. The minimum atomic E-state index is -0.149. The van der Waals surface area contributed by atoms with E-state index in [-0.39, 0.29) is 18.7 Å². The van der Waals surface area contributed by atoms with Crippen molar-refractivity contribution in [3.63, 3.8) is 0 Å². The summed E-state index contributed by atoms with van der Waals surface area (Å²) in [4.78, 5) is 31.7. The Morgan fingerprint density at radius 3 is 2.59 bits per heavy atom. The van der Waals surface area contributed by atoms with Gasteiger partial charge in [0.15, 0.2) is 11.5 Å². The molecular formula is C28H23N7O2. The van der Waals surface area contributed by atoms with Crippen LogP contribution in [0.25, 0.3) is 27.8 Å². The molecule has 9 nitrogen and oxygen atoms in total. The Kier molecular flexibility index (Phi) is 5.57. The van der Waals surface area contributed by atoms with Crippen molar-refractivity contribution in [3.8, 4) is 11.4 Å². The van der Waals surface area contributed by atoms with E-state index in [1.54, 1.807) is 10.9 Å². The number of fused-ring (bicyclic) bond motifs is 2. The maximum atomic E-state index is 14.1. The third kappa shape index (κ3) is 4.06. The highest BCUT2D eigenvalue weighted by Gasteiger charge is 2.18. The minimum Gasteiger partial charge on any atom is -0.489 e. The van der Waals surface area contributed by atoms with Crippen LogP contribution in [-0.2, 0) is 13.2 Å². The average Bonchev–Trinajstić information content (AvgIpc) is 3.32. The zero-order valence-electron chi connectivity index (χ0n) is 20.1. The molecule has 0 aliphatic rings. The van der Waals surface area contributed by atoms with E-state index in [1.807, 2.05) is 84.3 Å². The van der Waals surface area contributed by atoms with Gasteiger partial charge in [-0.25, -0.2) is 19.9 Å². The minimum absolute atomic E-state index is 0.149. The molecular weight excluding hydrogens is 466 g/mol. The monoisotopic (exact) mass is 489 g/mol. The van der Waals surface area contributed by atoms with Gasteiger partial charge in [0.1, 0.15) is 30.0 Å². The second-order valence-electron chi connectivity index (χ2n) is 8.67. The van der Waals surface area contributed by atoms with Crippen molar-refractivity contribution in [1.82, 2.24) is 29.1 Å². The molecule has 3 aromatic carbocycles. The predicted octanol–water partition coefficient (Wildman–Crippen LogP) is 4.04. The SMILES string of the molecule is Cc1cccc2nc(Cn3cnc4c(N)ncnc43)n(-c3ccccc3COc3ccccc3)c(=O)c12. The van der Waals surface area contributed by atoms with Crippen molar-refractivity contribution < 1.29 is 4.74 Å². The number of hydrogen-bond donors (Lipinski definition) is 1. The lowest BCUT2D eigenvalue weighted by molar-refractivity contribution is 0.305. The quantitative estimate of drug-likeness (QED) is 0.376. The molecule has 6 aromatic rings. The molecule has 0 bridgehead atoms. The number of rotatable bonds is 6. The molecule has 3 aromatic heterocycles. The zero-order chi connectivity index (χ0) is 25.4. The van der Waals surface area contributed by atoms with Gasteiger partial charge in [0.2, 0.25) is 0 Å². The molecule has 0 aliphatic heterocycles. The van der Waals surface area contributed by atoms with Crippen LogP contribution < -0.4 is 16.0 Å². The second kappa shape index (κ2) is 9.19. The van der Waals surface area contributed by atoms with E-state index < -0.39 is 0 Å². The standard InChI is InChI=1S/C28H23N7O2/c1-18-8-7-12-21-24(18)28(36)35(22-13-6-5-9-19(22)15-37-20-10-3-2-4-11-20)23(33-21)14-34-17-32-25-26(29)30-16-31-27(25)34/h2-13,16-17H,14-15H2,1H3,(H2,29,30,31). The molecule has 0 spiro atoms. The Bertz CT molecular complexity index is 1810. The van der Waals surface area contributed by atoms with E-state index in [1.165, 1.54) is 6.33 Å². The lowest BCUT2D eigenvalue weighted by atomic mass is 10.1. The normalized spacial score (nSPS) is 11.3. The summed E-state index contributed by atoms with van der Waals surface area (Å²) in [5, 5.41) is 0.576. The number of nitrogens with two attached hydrogens (primary N) is 1. The van der Waals surface area contributed by atoms with Gasteiger partial charge in [-0.05, 0) is 36.8 Å². The number of para-hydroxylation sites is 2. The van der Waals surface area contributed by atoms with Gasteiger partial charge < -0.3 is 15.0 Å². The molecule has 3 heterocycles. The fourth-order valence-electron chi connectivity index (χ4n) is 4.49. The van der Waals surface area contributed by atoms with Gasteiger partial charge in [0.25, 0.3) is 5.56 Å². The number of benzene rings is 3. The number of nitrogens with zero attached hydrogens (tertiary/aromatic N) is 6. The predicted molar refractivity (Wildman–Crippen MR) is 142 cm³/mol. The van der Waals surface area contributed by atoms with Gasteiger partial charge in [0, 0.05) is 5.56 Å². The summed E-state index contributed by atoms with van der Waals surface area (Å²) in [6, 6.07) is 23.0. The molecule has 0 fully saturated rings. The summed E-state index contributed by atoms with van der Waals surface area (Å²) in [5.74, 6) is 1.58. The topological polar surface area (TPSA) is 114 Å². The smallest absolute Gasteiger partial charge is 0.266 e. The molecule has 2 N–H and O–H groups in total. The maximum Gasteiger partial charge on any atom is 0.266 e. The van der Waals surface area contributed by atoms with Crippen molar-refractivity contribution in [2.75, 3.05) is 5.73 Å². The first kappa shape index (κ1) is 22.4. The van der Waals surface area contributed by atoms with Crippen LogP contribution in [0.15, 0.2) is 90.2 Å². The number of imidazole rings is 1. The van der Waals surface area contributed by atoms with Crippen LogP contribution in [0.4, 0.5) is 5.82 Å². The Labute approximate surface area is 211 Å². The van der Waals surface area contributed by atoms with Crippen LogP contribution in [-0.4, -0.2) is 29.1 Å². The molecule has 9 heteroatoms. The fraction of sp³-hybridized carbons (Fsp3) is 0.107. The lowest BCUT2D eigenvalue weighted by Crippen LogP contribution is -2.27. The Morgan fingerprint density at radius 2 is 1.73 bits per heavy atom. The van der Waals surface area contributed by atoms with Crippen LogP contribution in [0.1, 0.15) is 17.0 Å². The summed E-state index contributed by atoms with van der Waals surface area (Å²) in [5.41, 5.74) is 9.96. The molecule has 0 atom stereocenters. The van der Waals surface area contributed by atoms with Crippen LogP contribution >= 0.6 is 0 Å². The number of hydrogen-bond acceptors (Lipinski definition) is 7. The van der Waals surface area contributed by atoms with Crippen molar-refractivity contribution in [1.29, 1.82) is 0 Å². The highest BCUT2D eigenvalue weighted by atomic mass is 16.5. The second-order valence-corrected chi connectivity index (χ2v) is 8.67. The summed E-state index contributed by atoms with van der Waals surface area (Å²) in [6.07, 6.45) is 3.04. The average molecular weight is 490 g/mol. The van der Waals surface area contributed by atoms with E-state index >= 15 is 0 Å². The van der Waals surface area contributed by atoms with Crippen LogP contribution in [0, 0.1) is 6.92 Å². The maximum absolute atomic E-state index is 14.1. The van der Waals surface area contributed by atoms with Crippen molar-refractivity contribution in [2.45, 2.75) is 20.1 Å². The molecule has 0 aliphatic carbocycles. The highest BCUT2D eigenvalue weighted by molar-refractivity contribution is 5.82. The van der Waals surface area contributed by atoms with E-state index in [0.717, 1.165) is 16.9 Å². The van der Waals surface area contributed by atoms with E-state index in [9.17, 15) is 4.79 Å². The number of aromatic nitrogens is 6. The summed E-state index contributed by atoms with van der Waals surface area (Å²) in [6.45, 7) is 2.46. The van der Waals surface area contributed by atoms with E-state index in [0.29, 0.717) is 39.4 Å². The molecule has 0 radical (unpaired) electrons. The highest BCUT2D eigenvalue weighted by Crippen LogP contribution is 2.22. The zero-order valence-corrected chi connectivity index (χ0v) is 20.1. The third-order valence-electron chi connectivity index (χ3n) is 6.29. The van der Waals surface area contributed by atoms with Crippen molar-refractivity contribution in [3.05, 3.63) is 113 Å². The number of ether oxygens (including phenoxy) is 1. The summed E-state index contributed by atoms with van der Waals surface area (Å²) < 4.78 is 9.52. The van der Waals surface area contributed by atoms with E-state index in [4.69, 9.17) is 15.5 Å². The van der Waals surface area contributed by atoms with Crippen molar-refractivity contribution in [2.24, 2.45) is 0 Å². The molecule has 0 amide bonds. The molecule has 6 rings (SSSR count). The Hall–Kier alpha value is -5.05. The van der Waals surface area contributed by atoms with Gasteiger partial charge >= 0.3 is 0 Å². The molecule has 0 saturated carbocycles. The van der Waals surface area contributed by atoms with Gasteiger partial charge in [-0.15, -0.1) is 0 Å². The fourth-order valence-corrected chi connectivity index (χ4v) is 4.49. The third-order valence-corrected chi connectivity index (χ3v) is 6.29. The molecule has 182 valence electrons. The molecule has 0 saturated heterocycles. The first-order chi connectivity index (χ1) is 18.1. The van der Waals surface area contributed by atoms with Gasteiger partial charge in [-0.2, -0.15) is 0 Å². The van der Waals surface area contributed by atoms with Crippen LogP contribution in [0.5, 0.6) is 5.75 Å². The Morgan fingerprint density at radius 1 is 0.919 bits per heavy atom. The van der Waals surface area contributed by atoms with E-state index in [2.05, 4.69) is 15.0 Å². The van der Waals surface area contributed by atoms with Crippen LogP contribution in [0.3, 0.4) is 0 Å². The Balaban J connectivity index is 1.53. The molecule has 37 heavy (non-hydrogen) atoms. The number of anilines is 1. The largest absolute Gasteiger partial charge is 0.489 e. The summed E-state index contributed by atoms with van der Waals surface area (Å²) >= 11 is 0. The van der Waals surface area contributed by atoms with Gasteiger partial charge in [-0.1, -0.05) is 48.5 Å². The van der Waals surface area contributed by atoms with Crippen LogP contribution in [0.2, 0.25) is 0 Å². The first-order valence-corrected chi connectivity index (χ1v) is 11.8. The molecule has 0 unspecified atom stereocenters. The summed E-state index contributed by atoms with van der Waals surface area (Å²) in [7, 11) is 0.